The van der Waals surface area contributed by atoms with Crippen LogP contribution in [0.1, 0.15) is 81.6 Å². The van der Waals surface area contributed by atoms with Crippen LogP contribution in [0.4, 0.5) is 5.69 Å². The topological polar surface area (TPSA) is 77.1 Å². The fraction of sp³-hybridized carbons (Fsp3) is 0.533. The Labute approximate surface area is 222 Å². The van der Waals surface area contributed by atoms with Gasteiger partial charge in [0.25, 0.3) is 5.91 Å². The average molecular weight is 513 g/mol. The van der Waals surface area contributed by atoms with Gasteiger partial charge < -0.3 is 24.4 Å². The Kier molecular flexibility index (Phi) is 12.8. The lowest BCUT2D eigenvalue weighted by molar-refractivity contribution is -0.116. The first-order valence-electron chi connectivity index (χ1n) is 13.4. The molecular formula is C30H44N2O5. The number of amides is 2. The molecule has 0 bridgehead atoms. The lowest BCUT2D eigenvalue weighted by atomic mass is 10.1. The highest BCUT2D eigenvalue weighted by atomic mass is 16.5. The largest absolute Gasteiger partial charge is 0.493 e. The predicted molar refractivity (Wildman–Crippen MR) is 149 cm³/mol. The fourth-order valence-electron chi connectivity index (χ4n) is 4.25. The molecule has 0 aromatic heterocycles. The zero-order valence-corrected chi connectivity index (χ0v) is 23.4. The van der Waals surface area contributed by atoms with Crippen LogP contribution in [-0.4, -0.2) is 50.6 Å². The number of rotatable bonds is 16. The lowest BCUT2D eigenvalue weighted by Gasteiger charge is -2.29. The van der Waals surface area contributed by atoms with Gasteiger partial charge in [-0.05, 0) is 56.0 Å². The standard InChI is InChI=1S/C30H44N2O5/c1-7-9-10-11-12-13-23-14-16-25(17-15-23)31-28(33)18-19-32(22(3)8-2)30(34)24-20-26(35-4)29(37-6)27(21-24)36-5/h14-17,20-22H,7-13,18-19H2,1-6H3,(H,31,33). The molecule has 0 radical (unpaired) electrons. The van der Waals surface area contributed by atoms with E-state index in [1.54, 1.807) is 17.0 Å². The van der Waals surface area contributed by atoms with E-state index >= 15 is 0 Å². The van der Waals surface area contributed by atoms with Crippen LogP contribution in [-0.2, 0) is 11.2 Å². The number of hydrogen-bond donors (Lipinski definition) is 1. The SMILES string of the molecule is CCCCCCCc1ccc(NC(=O)CCN(C(=O)c2cc(OC)c(OC)c(OC)c2)C(C)CC)cc1. The number of unbranched alkanes of at least 4 members (excludes halogenated alkanes) is 4. The number of methoxy groups -OCH3 is 3. The number of carbonyl (C=O) groups is 2. The third-order valence-corrected chi connectivity index (χ3v) is 6.68. The highest BCUT2D eigenvalue weighted by Crippen LogP contribution is 2.38. The van der Waals surface area contributed by atoms with Crippen molar-refractivity contribution in [2.24, 2.45) is 0 Å². The number of ether oxygens (including phenoxy) is 3. The van der Waals surface area contributed by atoms with Crippen LogP contribution in [0.15, 0.2) is 36.4 Å². The zero-order chi connectivity index (χ0) is 27.2. The van der Waals surface area contributed by atoms with Crippen molar-refractivity contribution in [1.82, 2.24) is 4.90 Å². The molecule has 0 fully saturated rings. The Balaban J connectivity index is 2.01. The van der Waals surface area contributed by atoms with Crippen LogP contribution in [0.25, 0.3) is 0 Å². The normalized spacial score (nSPS) is 11.5. The minimum absolute atomic E-state index is 0.0454. The first-order chi connectivity index (χ1) is 17.9. The van der Waals surface area contributed by atoms with E-state index in [0.29, 0.717) is 29.4 Å². The summed E-state index contributed by atoms with van der Waals surface area (Å²) in [6, 6.07) is 11.3. The summed E-state index contributed by atoms with van der Waals surface area (Å²) >= 11 is 0. The first kappa shape index (κ1) is 30.0. The maximum atomic E-state index is 13.5. The number of aryl methyl sites for hydroxylation is 1. The molecule has 2 aromatic rings. The van der Waals surface area contributed by atoms with Gasteiger partial charge in [-0.15, -0.1) is 0 Å². The fourth-order valence-corrected chi connectivity index (χ4v) is 4.25. The van der Waals surface area contributed by atoms with Crippen molar-refractivity contribution in [2.75, 3.05) is 33.2 Å². The van der Waals surface area contributed by atoms with E-state index in [4.69, 9.17) is 14.2 Å². The molecule has 37 heavy (non-hydrogen) atoms. The van der Waals surface area contributed by atoms with Crippen LogP contribution in [0.5, 0.6) is 17.2 Å². The highest BCUT2D eigenvalue weighted by Gasteiger charge is 2.24. The lowest BCUT2D eigenvalue weighted by Crippen LogP contribution is -2.40. The van der Waals surface area contributed by atoms with E-state index in [-0.39, 0.29) is 24.3 Å². The van der Waals surface area contributed by atoms with Gasteiger partial charge in [0.1, 0.15) is 0 Å². The molecule has 7 nitrogen and oxygen atoms in total. The van der Waals surface area contributed by atoms with E-state index in [2.05, 4.69) is 24.4 Å². The van der Waals surface area contributed by atoms with Gasteiger partial charge in [-0.2, -0.15) is 0 Å². The number of nitrogens with zero attached hydrogens (tertiary/aromatic N) is 1. The van der Waals surface area contributed by atoms with Crippen LogP contribution in [0, 0.1) is 0 Å². The van der Waals surface area contributed by atoms with E-state index in [1.807, 2.05) is 26.0 Å². The highest BCUT2D eigenvalue weighted by molar-refractivity contribution is 5.96. The smallest absolute Gasteiger partial charge is 0.254 e. The summed E-state index contributed by atoms with van der Waals surface area (Å²) in [5.74, 6) is 0.939. The summed E-state index contributed by atoms with van der Waals surface area (Å²) in [5, 5.41) is 2.96. The molecule has 0 aliphatic rings. The third kappa shape index (κ3) is 8.99. The van der Waals surface area contributed by atoms with Gasteiger partial charge in [0.05, 0.1) is 21.3 Å². The number of benzene rings is 2. The number of anilines is 1. The van der Waals surface area contributed by atoms with E-state index in [0.717, 1.165) is 18.5 Å². The Morgan fingerprint density at radius 1 is 0.892 bits per heavy atom. The van der Waals surface area contributed by atoms with Crippen molar-refractivity contribution in [3.05, 3.63) is 47.5 Å². The minimum Gasteiger partial charge on any atom is -0.493 e. The van der Waals surface area contributed by atoms with E-state index < -0.39 is 0 Å². The second kappa shape index (κ2) is 15.8. The Bertz CT molecular complexity index is 965. The van der Waals surface area contributed by atoms with Crippen LogP contribution < -0.4 is 19.5 Å². The number of hydrogen-bond acceptors (Lipinski definition) is 5. The molecule has 0 saturated heterocycles. The second-order valence-corrected chi connectivity index (χ2v) is 9.33. The molecule has 2 aromatic carbocycles. The van der Waals surface area contributed by atoms with Crippen molar-refractivity contribution in [3.8, 4) is 17.2 Å². The third-order valence-electron chi connectivity index (χ3n) is 6.68. The average Bonchev–Trinajstić information content (AvgIpc) is 2.92. The molecule has 0 aliphatic heterocycles. The molecule has 1 unspecified atom stereocenters. The molecule has 1 N–H and O–H groups in total. The zero-order valence-electron chi connectivity index (χ0n) is 23.4. The van der Waals surface area contributed by atoms with Crippen LogP contribution >= 0.6 is 0 Å². The van der Waals surface area contributed by atoms with Crippen molar-refractivity contribution in [1.29, 1.82) is 0 Å². The molecular weight excluding hydrogens is 468 g/mol. The van der Waals surface area contributed by atoms with Gasteiger partial charge in [0.15, 0.2) is 11.5 Å². The maximum Gasteiger partial charge on any atom is 0.254 e. The van der Waals surface area contributed by atoms with E-state index in [1.165, 1.54) is 59.0 Å². The van der Waals surface area contributed by atoms with Gasteiger partial charge in [-0.3, -0.25) is 9.59 Å². The van der Waals surface area contributed by atoms with Crippen molar-refractivity contribution < 1.29 is 23.8 Å². The molecule has 2 rings (SSSR count). The van der Waals surface area contributed by atoms with Crippen molar-refractivity contribution in [3.63, 3.8) is 0 Å². The second-order valence-electron chi connectivity index (χ2n) is 9.33. The van der Waals surface area contributed by atoms with E-state index in [9.17, 15) is 9.59 Å². The monoisotopic (exact) mass is 512 g/mol. The van der Waals surface area contributed by atoms with Gasteiger partial charge in [0.2, 0.25) is 11.7 Å². The molecule has 0 saturated carbocycles. The van der Waals surface area contributed by atoms with Crippen molar-refractivity contribution >= 4 is 17.5 Å². The quantitative estimate of drug-likeness (QED) is 0.260. The summed E-state index contributed by atoms with van der Waals surface area (Å²) in [7, 11) is 4.55. The molecule has 0 aliphatic carbocycles. The summed E-state index contributed by atoms with van der Waals surface area (Å²) in [4.78, 5) is 27.9. The van der Waals surface area contributed by atoms with Gasteiger partial charge in [0, 0.05) is 30.3 Å². The summed E-state index contributed by atoms with van der Waals surface area (Å²) in [6.07, 6.45) is 8.31. The number of carbonyl (C=O) groups excluding carboxylic acids is 2. The Hall–Kier alpha value is -3.22. The molecule has 204 valence electrons. The summed E-state index contributed by atoms with van der Waals surface area (Å²) < 4.78 is 16.2. The van der Waals surface area contributed by atoms with Crippen molar-refractivity contribution in [2.45, 2.75) is 78.2 Å². The Morgan fingerprint density at radius 3 is 2.05 bits per heavy atom. The molecule has 0 spiro atoms. The van der Waals surface area contributed by atoms with Gasteiger partial charge in [-0.1, -0.05) is 51.7 Å². The molecule has 0 heterocycles. The molecule has 7 heteroatoms. The number of nitrogens with one attached hydrogen (secondary N) is 1. The predicted octanol–water partition coefficient (Wildman–Crippen LogP) is 6.49. The first-order valence-corrected chi connectivity index (χ1v) is 13.4. The van der Waals surface area contributed by atoms with Gasteiger partial charge in [-0.25, -0.2) is 0 Å². The van der Waals surface area contributed by atoms with Crippen LogP contribution in [0.3, 0.4) is 0 Å². The summed E-state index contributed by atoms with van der Waals surface area (Å²) in [6.45, 7) is 6.52. The minimum atomic E-state index is -0.190. The molecule has 2 amide bonds. The Morgan fingerprint density at radius 2 is 1.51 bits per heavy atom. The summed E-state index contributed by atoms with van der Waals surface area (Å²) in [5.41, 5.74) is 2.47. The van der Waals surface area contributed by atoms with Crippen LogP contribution in [0.2, 0.25) is 0 Å². The molecule has 1 atom stereocenters. The maximum absolute atomic E-state index is 13.5. The van der Waals surface area contributed by atoms with Gasteiger partial charge >= 0.3 is 0 Å².